The van der Waals surface area contributed by atoms with Crippen LogP contribution in [-0.4, -0.2) is 32.1 Å². The minimum atomic E-state index is -4.39. The maximum absolute atomic E-state index is 13.2. The third kappa shape index (κ3) is 3.05. The Kier molecular flexibility index (Phi) is 3.92. The molecule has 21 heavy (non-hydrogen) atoms. The second kappa shape index (κ2) is 5.44. The molecule has 0 unspecified atom stereocenters. The zero-order valence-electron chi connectivity index (χ0n) is 11.3. The molecule has 1 aromatic carbocycles. The van der Waals surface area contributed by atoms with Crippen LogP contribution in [0.5, 0.6) is 0 Å². The van der Waals surface area contributed by atoms with Crippen LogP contribution >= 0.6 is 15.9 Å². The van der Waals surface area contributed by atoms with E-state index in [-0.39, 0.29) is 5.69 Å². The highest BCUT2D eigenvalue weighted by molar-refractivity contribution is 9.10. The summed E-state index contributed by atoms with van der Waals surface area (Å²) in [6, 6.07) is 4.25. The molecule has 3 rings (SSSR count). The van der Waals surface area contributed by atoms with Crippen LogP contribution in [0.1, 0.15) is 18.4 Å². The molecule has 2 heterocycles. The monoisotopic (exact) mass is 365 g/mol. The number of nitrogens with zero attached hydrogens (tertiary/aromatic N) is 1. The van der Waals surface area contributed by atoms with E-state index in [1.165, 1.54) is 6.07 Å². The smallest absolute Gasteiger partial charge is 0.366 e. The van der Waals surface area contributed by atoms with Crippen LogP contribution in [-0.2, 0) is 15.7 Å². The van der Waals surface area contributed by atoms with Gasteiger partial charge in [0.05, 0.1) is 25.3 Å². The topological polar surface area (TPSA) is 21.7 Å². The lowest BCUT2D eigenvalue weighted by molar-refractivity contribution is -0.161. The van der Waals surface area contributed by atoms with Crippen molar-refractivity contribution in [1.82, 2.24) is 0 Å². The molecule has 1 spiro atoms. The summed E-state index contributed by atoms with van der Waals surface area (Å²) in [5, 5.41) is 0. The van der Waals surface area contributed by atoms with Gasteiger partial charge in [0.1, 0.15) is 0 Å². The fourth-order valence-corrected chi connectivity index (χ4v) is 3.30. The molecule has 2 aliphatic rings. The average molecular weight is 366 g/mol. The van der Waals surface area contributed by atoms with Crippen LogP contribution < -0.4 is 4.90 Å². The van der Waals surface area contributed by atoms with Gasteiger partial charge in [-0.05, 0) is 24.6 Å². The third-order valence-electron chi connectivity index (χ3n) is 3.84. The fourth-order valence-electron chi connectivity index (χ4n) is 2.94. The van der Waals surface area contributed by atoms with Crippen molar-refractivity contribution in [1.29, 1.82) is 0 Å². The molecule has 3 nitrogen and oxygen atoms in total. The van der Waals surface area contributed by atoms with E-state index in [1.54, 1.807) is 11.0 Å². The quantitative estimate of drug-likeness (QED) is 0.755. The number of piperidine rings is 1. The second-order valence-electron chi connectivity index (χ2n) is 5.29. The molecular weight excluding hydrogens is 351 g/mol. The van der Waals surface area contributed by atoms with E-state index in [9.17, 15) is 13.2 Å². The van der Waals surface area contributed by atoms with Gasteiger partial charge in [-0.3, -0.25) is 0 Å². The maximum Gasteiger partial charge on any atom is 0.418 e. The Balaban J connectivity index is 1.93. The number of anilines is 1. The van der Waals surface area contributed by atoms with E-state index in [1.807, 2.05) is 0 Å². The summed E-state index contributed by atoms with van der Waals surface area (Å²) in [7, 11) is 0. The lowest BCUT2D eigenvalue weighted by atomic mass is 10.0. The van der Waals surface area contributed by atoms with Crippen LogP contribution in [0.4, 0.5) is 18.9 Å². The van der Waals surface area contributed by atoms with Crippen molar-refractivity contribution in [2.24, 2.45) is 0 Å². The minimum absolute atomic E-state index is 0.184. The first-order valence-electron chi connectivity index (χ1n) is 6.79. The van der Waals surface area contributed by atoms with Gasteiger partial charge in [0.25, 0.3) is 0 Å². The number of hydrogen-bond donors (Lipinski definition) is 0. The molecule has 2 saturated heterocycles. The molecule has 0 aromatic heterocycles. The number of halogens is 4. The number of rotatable bonds is 1. The maximum atomic E-state index is 13.2. The van der Waals surface area contributed by atoms with E-state index < -0.39 is 17.5 Å². The van der Waals surface area contributed by atoms with Crippen molar-refractivity contribution in [3.8, 4) is 0 Å². The van der Waals surface area contributed by atoms with Gasteiger partial charge in [-0.15, -0.1) is 0 Å². The Bertz CT molecular complexity index is 529. The van der Waals surface area contributed by atoms with Crippen molar-refractivity contribution in [2.45, 2.75) is 24.8 Å². The molecule has 0 bridgehead atoms. The normalized spacial score (nSPS) is 22.0. The SMILES string of the molecule is FC(F)(F)c1cc(Br)ccc1N1CCCC2(C1)OCCO2. The van der Waals surface area contributed by atoms with Crippen LogP contribution in [0, 0.1) is 0 Å². The lowest BCUT2D eigenvalue weighted by Crippen LogP contribution is -2.49. The minimum Gasteiger partial charge on any atom is -0.366 e. The predicted octanol–water partition coefficient (Wildman–Crippen LogP) is 3.81. The molecule has 2 fully saturated rings. The lowest BCUT2D eigenvalue weighted by Gasteiger charge is -2.40. The number of alkyl halides is 3. The van der Waals surface area contributed by atoms with Crippen LogP contribution in [0.15, 0.2) is 22.7 Å². The van der Waals surface area contributed by atoms with Gasteiger partial charge in [0.15, 0.2) is 5.79 Å². The van der Waals surface area contributed by atoms with E-state index in [0.717, 1.165) is 18.9 Å². The highest BCUT2D eigenvalue weighted by Crippen LogP contribution is 2.41. The first kappa shape index (κ1) is 15.1. The molecule has 0 atom stereocenters. The first-order chi connectivity index (χ1) is 9.90. The van der Waals surface area contributed by atoms with E-state index in [2.05, 4.69) is 15.9 Å². The van der Waals surface area contributed by atoms with Crippen molar-refractivity contribution in [2.75, 3.05) is 31.2 Å². The Morgan fingerprint density at radius 2 is 1.90 bits per heavy atom. The Morgan fingerprint density at radius 3 is 2.57 bits per heavy atom. The number of ether oxygens (including phenoxy) is 2. The molecule has 116 valence electrons. The van der Waals surface area contributed by atoms with Gasteiger partial charge in [-0.2, -0.15) is 13.2 Å². The Labute approximate surface area is 129 Å². The van der Waals surface area contributed by atoms with Gasteiger partial charge in [0, 0.05) is 23.1 Å². The van der Waals surface area contributed by atoms with Crippen molar-refractivity contribution >= 4 is 21.6 Å². The zero-order chi connectivity index (χ0) is 15.1. The predicted molar refractivity (Wildman–Crippen MR) is 75.2 cm³/mol. The molecule has 0 N–H and O–H groups in total. The molecule has 0 amide bonds. The van der Waals surface area contributed by atoms with Gasteiger partial charge < -0.3 is 14.4 Å². The summed E-state index contributed by atoms with van der Waals surface area (Å²) in [5.41, 5.74) is -0.448. The molecule has 1 aromatic rings. The summed E-state index contributed by atoms with van der Waals surface area (Å²) in [6.07, 6.45) is -2.92. The molecule has 0 aliphatic carbocycles. The first-order valence-corrected chi connectivity index (χ1v) is 7.59. The molecule has 7 heteroatoms. The van der Waals surface area contributed by atoms with Crippen molar-refractivity contribution in [3.05, 3.63) is 28.2 Å². The standard InChI is InChI=1S/C14H15BrF3NO2/c15-10-2-3-12(11(8-10)14(16,17)18)19-5-1-4-13(9-19)20-6-7-21-13/h2-3,8H,1,4-7,9H2. The Hall–Kier alpha value is -0.790. The summed E-state index contributed by atoms with van der Waals surface area (Å²) in [6.45, 7) is 1.90. The van der Waals surface area contributed by atoms with E-state index in [4.69, 9.17) is 9.47 Å². The summed E-state index contributed by atoms with van der Waals surface area (Å²) >= 11 is 3.10. The summed E-state index contributed by atoms with van der Waals surface area (Å²) < 4.78 is 51.4. The largest absolute Gasteiger partial charge is 0.418 e. The van der Waals surface area contributed by atoms with Gasteiger partial charge in [0.2, 0.25) is 0 Å². The molecule has 2 aliphatic heterocycles. The highest BCUT2D eigenvalue weighted by Gasteiger charge is 2.43. The molecule has 0 saturated carbocycles. The van der Waals surface area contributed by atoms with Gasteiger partial charge in [-0.25, -0.2) is 0 Å². The van der Waals surface area contributed by atoms with Crippen molar-refractivity contribution in [3.63, 3.8) is 0 Å². The fraction of sp³-hybridized carbons (Fsp3) is 0.571. The highest BCUT2D eigenvalue weighted by atomic mass is 79.9. The van der Waals surface area contributed by atoms with Crippen LogP contribution in [0.2, 0.25) is 0 Å². The second-order valence-corrected chi connectivity index (χ2v) is 6.21. The van der Waals surface area contributed by atoms with Gasteiger partial charge in [-0.1, -0.05) is 15.9 Å². The third-order valence-corrected chi connectivity index (χ3v) is 4.33. The van der Waals surface area contributed by atoms with E-state index in [0.29, 0.717) is 30.8 Å². The summed E-state index contributed by atoms with van der Waals surface area (Å²) in [4.78, 5) is 1.71. The van der Waals surface area contributed by atoms with Crippen LogP contribution in [0.3, 0.4) is 0 Å². The zero-order valence-corrected chi connectivity index (χ0v) is 12.8. The number of hydrogen-bond acceptors (Lipinski definition) is 3. The van der Waals surface area contributed by atoms with Crippen LogP contribution in [0.25, 0.3) is 0 Å². The summed E-state index contributed by atoms with van der Waals surface area (Å²) in [5.74, 6) is -0.742. The average Bonchev–Trinajstić information content (AvgIpc) is 2.85. The molecule has 0 radical (unpaired) electrons. The van der Waals surface area contributed by atoms with E-state index >= 15 is 0 Å². The molecular formula is C14H15BrF3NO2. The number of benzene rings is 1. The Morgan fingerprint density at radius 1 is 1.19 bits per heavy atom. The van der Waals surface area contributed by atoms with Gasteiger partial charge >= 0.3 is 6.18 Å². The van der Waals surface area contributed by atoms with Crippen molar-refractivity contribution < 1.29 is 22.6 Å².